The third kappa shape index (κ3) is 4.17. The van der Waals surface area contributed by atoms with Gasteiger partial charge in [0, 0.05) is 24.6 Å². The van der Waals surface area contributed by atoms with Crippen LogP contribution >= 0.6 is 12.2 Å². The zero-order valence-electron chi connectivity index (χ0n) is 12.4. The molecule has 4 nitrogen and oxygen atoms in total. The SMILES string of the molecule is COc1cccc(C(=O)N(CCC(N)=S)C2CCCC2)c1. The fourth-order valence-electron chi connectivity index (χ4n) is 2.82. The van der Waals surface area contributed by atoms with Gasteiger partial charge in [-0.1, -0.05) is 31.1 Å². The molecule has 0 spiro atoms. The van der Waals surface area contributed by atoms with E-state index in [1.165, 1.54) is 12.8 Å². The van der Waals surface area contributed by atoms with Crippen molar-refractivity contribution in [2.24, 2.45) is 5.73 Å². The predicted octanol–water partition coefficient (Wildman–Crippen LogP) is 2.76. The van der Waals surface area contributed by atoms with E-state index in [2.05, 4.69) is 0 Å². The summed E-state index contributed by atoms with van der Waals surface area (Å²) in [7, 11) is 1.60. The maximum atomic E-state index is 12.8. The van der Waals surface area contributed by atoms with Crippen molar-refractivity contribution in [1.29, 1.82) is 0 Å². The highest BCUT2D eigenvalue weighted by Crippen LogP contribution is 2.26. The van der Waals surface area contributed by atoms with E-state index in [-0.39, 0.29) is 5.91 Å². The van der Waals surface area contributed by atoms with Crippen molar-refractivity contribution in [3.05, 3.63) is 29.8 Å². The molecule has 1 aromatic rings. The van der Waals surface area contributed by atoms with Gasteiger partial charge >= 0.3 is 0 Å². The summed E-state index contributed by atoms with van der Waals surface area (Å²) in [5, 5.41) is 0. The van der Waals surface area contributed by atoms with E-state index >= 15 is 0 Å². The van der Waals surface area contributed by atoms with E-state index in [1.807, 2.05) is 23.1 Å². The number of hydrogen-bond donors (Lipinski definition) is 1. The third-order valence-corrected chi connectivity index (χ3v) is 4.15. The number of ether oxygens (including phenoxy) is 1. The van der Waals surface area contributed by atoms with Gasteiger partial charge in [0.2, 0.25) is 0 Å². The first-order valence-electron chi connectivity index (χ1n) is 7.35. The van der Waals surface area contributed by atoms with Crippen molar-refractivity contribution in [1.82, 2.24) is 4.90 Å². The molecule has 0 aliphatic heterocycles. The molecule has 1 saturated carbocycles. The third-order valence-electron chi connectivity index (χ3n) is 3.94. The summed E-state index contributed by atoms with van der Waals surface area (Å²) in [6, 6.07) is 7.59. The van der Waals surface area contributed by atoms with Crippen molar-refractivity contribution in [3.63, 3.8) is 0 Å². The van der Waals surface area contributed by atoms with E-state index in [0.29, 0.717) is 35.3 Å². The molecule has 114 valence electrons. The largest absolute Gasteiger partial charge is 0.497 e. The number of benzene rings is 1. The molecule has 0 radical (unpaired) electrons. The molecule has 0 heterocycles. The standard InChI is InChI=1S/C16H22N2O2S/c1-20-14-8-4-5-12(11-14)16(19)18(10-9-15(17)21)13-6-2-3-7-13/h4-5,8,11,13H,2-3,6-7,9-10H2,1H3,(H2,17,21). The summed E-state index contributed by atoms with van der Waals surface area (Å²) < 4.78 is 5.20. The van der Waals surface area contributed by atoms with E-state index in [4.69, 9.17) is 22.7 Å². The Bertz CT molecular complexity index is 513. The first kappa shape index (κ1) is 15.8. The van der Waals surface area contributed by atoms with Gasteiger partial charge in [-0.3, -0.25) is 4.79 Å². The Morgan fingerprint density at radius 2 is 2.14 bits per heavy atom. The van der Waals surface area contributed by atoms with Gasteiger partial charge in [-0.05, 0) is 31.0 Å². The van der Waals surface area contributed by atoms with Crippen molar-refractivity contribution < 1.29 is 9.53 Å². The fraction of sp³-hybridized carbons (Fsp3) is 0.500. The van der Waals surface area contributed by atoms with Crippen LogP contribution in [0.5, 0.6) is 5.75 Å². The maximum absolute atomic E-state index is 12.8. The molecule has 2 N–H and O–H groups in total. The molecule has 5 heteroatoms. The zero-order valence-corrected chi connectivity index (χ0v) is 13.2. The monoisotopic (exact) mass is 306 g/mol. The van der Waals surface area contributed by atoms with Crippen molar-refractivity contribution in [3.8, 4) is 5.75 Å². The molecule has 0 unspecified atom stereocenters. The summed E-state index contributed by atoms with van der Waals surface area (Å²) in [5.41, 5.74) is 6.25. The Morgan fingerprint density at radius 1 is 1.43 bits per heavy atom. The normalized spacial score (nSPS) is 14.9. The smallest absolute Gasteiger partial charge is 0.254 e. The van der Waals surface area contributed by atoms with Crippen LogP contribution in [-0.4, -0.2) is 35.5 Å². The lowest BCUT2D eigenvalue weighted by atomic mass is 10.1. The second-order valence-corrected chi connectivity index (χ2v) is 5.91. The highest BCUT2D eigenvalue weighted by Gasteiger charge is 2.27. The average Bonchev–Trinajstić information content (AvgIpc) is 3.01. The number of hydrogen-bond acceptors (Lipinski definition) is 3. The van der Waals surface area contributed by atoms with Crippen LogP contribution in [0.3, 0.4) is 0 Å². The lowest BCUT2D eigenvalue weighted by Gasteiger charge is -2.29. The highest BCUT2D eigenvalue weighted by atomic mass is 32.1. The molecule has 1 aromatic carbocycles. The number of carbonyl (C=O) groups is 1. The Kier molecular flexibility index (Phi) is 5.56. The molecular weight excluding hydrogens is 284 g/mol. The second kappa shape index (κ2) is 7.41. The molecule has 0 atom stereocenters. The van der Waals surface area contributed by atoms with Crippen LogP contribution in [0.2, 0.25) is 0 Å². The van der Waals surface area contributed by atoms with E-state index < -0.39 is 0 Å². The Labute approximate surface area is 131 Å². The highest BCUT2D eigenvalue weighted by molar-refractivity contribution is 7.80. The number of nitrogens with two attached hydrogens (primary N) is 1. The fourth-order valence-corrected chi connectivity index (χ4v) is 2.91. The molecule has 1 fully saturated rings. The molecule has 1 amide bonds. The number of nitrogens with zero attached hydrogens (tertiary/aromatic N) is 1. The van der Waals surface area contributed by atoms with Gasteiger partial charge < -0.3 is 15.4 Å². The van der Waals surface area contributed by atoms with Gasteiger partial charge in [-0.2, -0.15) is 0 Å². The first-order chi connectivity index (χ1) is 10.1. The van der Waals surface area contributed by atoms with Crippen LogP contribution in [0.1, 0.15) is 42.5 Å². The van der Waals surface area contributed by atoms with Crippen LogP contribution < -0.4 is 10.5 Å². The average molecular weight is 306 g/mol. The van der Waals surface area contributed by atoms with Gasteiger partial charge in [-0.25, -0.2) is 0 Å². The van der Waals surface area contributed by atoms with Gasteiger partial charge in [0.15, 0.2) is 0 Å². The molecule has 2 rings (SSSR count). The van der Waals surface area contributed by atoms with Crippen molar-refractivity contribution >= 4 is 23.1 Å². The Hall–Kier alpha value is -1.62. The van der Waals surface area contributed by atoms with E-state index in [0.717, 1.165) is 12.8 Å². The molecule has 0 bridgehead atoms. The molecule has 0 saturated heterocycles. The van der Waals surface area contributed by atoms with Crippen LogP contribution in [0.4, 0.5) is 0 Å². The molecule has 1 aliphatic carbocycles. The minimum absolute atomic E-state index is 0.0389. The van der Waals surface area contributed by atoms with Crippen LogP contribution in [0, 0.1) is 0 Å². The van der Waals surface area contributed by atoms with Gasteiger partial charge in [0.25, 0.3) is 5.91 Å². The van der Waals surface area contributed by atoms with Crippen LogP contribution in [0.25, 0.3) is 0 Å². The second-order valence-electron chi connectivity index (χ2n) is 5.39. The van der Waals surface area contributed by atoms with Crippen molar-refractivity contribution in [2.75, 3.05) is 13.7 Å². The zero-order chi connectivity index (χ0) is 15.2. The molecule has 21 heavy (non-hydrogen) atoms. The number of thiocarbonyl (C=S) groups is 1. The first-order valence-corrected chi connectivity index (χ1v) is 7.76. The molecular formula is C16H22N2O2S. The van der Waals surface area contributed by atoms with Crippen LogP contribution in [0.15, 0.2) is 24.3 Å². The predicted molar refractivity (Wildman–Crippen MR) is 87.7 cm³/mol. The van der Waals surface area contributed by atoms with Crippen LogP contribution in [-0.2, 0) is 0 Å². The lowest BCUT2D eigenvalue weighted by Crippen LogP contribution is -2.40. The summed E-state index contributed by atoms with van der Waals surface area (Å²) in [5.74, 6) is 0.735. The van der Waals surface area contributed by atoms with Gasteiger partial charge in [-0.15, -0.1) is 0 Å². The van der Waals surface area contributed by atoms with Gasteiger partial charge in [0.1, 0.15) is 5.75 Å². The van der Waals surface area contributed by atoms with Gasteiger partial charge in [0.05, 0.1) is 12.1 Å². The molecule has 1 aliphatic rings. The number of amides is 1. The minimum atomic E-state index is 0.0389. The summed E-state index contributed by atoms with van der Waals surface area (Å²) in [6.45, 7) is 0.593. The lowest BCUT2D eigenvalue weighted by molar-refractivity contribution is 0.0687. The Morgan fingerprint density at radius 3 is 2.76 bits per heavy atom. The number of rotatable bonds is 6. The van der Waals surface area contributed by atoms with Crippen molar-refractivity contribution in [2.45, 2.75) is 38.1 Å². The summed E-state index contributed by atoms with van der Waals surface area (Å²) in [6.07, 6.45) is 5.06. The molecule has 0 aromatic heterocycles. The van der Waals surface area contributed by atoms with E-state index in [1.54, 1.807) is 13.2 Å². The van der Waals surface area contributed by atoms with E-state index in [9.17, 15) is 4.79 Å². The Balaban J connectivity index is 2.17. The summed E-state index contributed by atoms with van der Waals surface area (Å²) >= 11 is 4.95. The topological polar surface area (TPSA) is 55.6 Å². The quantitative estimate of drug-likeness (QED) is 0.821. The number of methoxy groups -OCH3 is 1. The number of carbonyl (C=O) groups excluding carboxylic acids is 1. The summed E-state index contributed by atoms with van der Waals surface area (Å²) in [4.78, 5) is 15.2. The minimum Gasteiger partial charge on any atom is -0.497 e. The maximum Gasteiger partial charge on any atom is 0.254 e.